The number of hydrogen-bond acceptors (Lipinski definition) is 2. The van der Waals surface area contributed by atoms with Crippen molar-refractivity contribution in [2.45, 2.75) is 24.8 Å². The van der Waals surface area contributed by atoms with Crippen LogP contribution < -0.4 is 5.32 Å². The van der Waals surface area contributed by atoms with Gasteiger partial charge < -0.3 is 5.32 Å². The fraction of sp³-hybridized carbons (Fsp3) is 0.294. The van der Waals surface area contributed by atoms with Crippen molar-refractivity contribution >= 4 is 10.8 Å². The molecule has 2 atom stereocenters. The minimum absolute atomic E-state index is 0.108. The van der Waals surface area contributed by atoms with E-state index in [1.807, 2.05) is 50.4 Å². The van der Waals surface area contributed by atoms with Gasteiger partial charge in [-0.25, -0.2) is 0 Å². The molecule has 0 aliphatic rings. The maximum atomic E-state index is 12.6. The van der Waals surface area contributed by atoms with Gasteiger partial charge in [-0.3, -0.25) is 4.21 Å². The predicted octanol–water partition coefficient (Wildman–Crippen LogP) is 3.37. The molecular weight excluding hydrogens is 266 g/mol. The van der Waals surface area contributed by atoms with Gasteiger partial charge in [-0.05, 0) is 43.7 Å². The summed E-state index contributed by atoms with van der Waals surface area (Å²) >= 11 is 0. The third-order valence-corrected chi connectivity index (χ3v) is 5.15. The summed E-state index contributed by atoms with van der Waals surface area (Å²) in [7, 11) is 0.927. The Morgan fingerprint density at radius 1 is 1.00 bits per heavy atom. The molecule has 106 valence electrons. The van der Waals surface area contributed by atoms with Crippen LogP contribution in [0.1, 0.15) is 22.7 Å². The van der Waals surface area contributed by atoms with E-state index in [4.69, 9.17) is 0 Å². The Labute approximate surface area is 123 Å². The summed E-state index contributed by atoms with van der Waals surface area (Å²) in [6.45, 7) is 4.10. The van der Waals surface area contributed by atoms with Gasteiger partial charge >= 0.3 is 0 Å². The number of hydrogen-bond donors (Lipinski definition) is 1. The molecule has 0 saturated carbocycles. The molecule has 0 aromatic heterocycles. The summed E-state index contributed by atoms with van der Waals surface area (Å²) < 4.78 is 12.6. The average Bonchev–Trinajstić information content (AvgIpc) is 2.46. The molecule has 0 fully saturated rings. The second-order valence-corrected chi connectivity index (χ2v) is 6.44. The number of nitrogens with one attached hydrogen (secondary N) is 1. The summed E-state index contributed by atoms with van der Waals surface area (Å²) in [5.74, 6) is 0.589. The molecule has 0 spiro atoms. The van der Waals surface area contributed by atoms with Crippen LogP contribution in [0.4, 0.5) is 0 Å². The molecule has 2 aromatic rings. The van der Waals surface area contributed by atoms with Crippen LogP contribution in [0, 0.1) is 13.8 Å². The number of benzene rings is 2. The third-order valence-electron chi connectivity index (χ3n) is 3.57. The molecule has 3 heteroatoms. The smallest absolute Gasteiger partial charge is 0.0551 e. The van der Waals surface area contributed by atoms with Gasteiger partial charge in [0.05, 0.1) is 10.8 Å². The lowest BCUT2D eigenvalue weighted by Crippen LogP contribution is -2.23. The van der Waals surface area contributed by atoms with Crippen LogP contribution in [0.25, 0.3) is 0 Å². The van der Waals surface area contributed by atoms with Gasteiger partial charge in [0, 0.05) is 16.7 Å². The van der Waals surface area contributed by atoms with Crippen LogP contribution in [-0.2, 0) is 10.8 Å². The molecule has 0 saturated heterocycles. The molecule has 2 aromatic carbocycles. The van der Waals surface area contributed by atoms with Crippen molar-refractivity contribution in [3.8, 4) is 0 Å². The normalized spacial score (nSPS) is 13.9. The van der Waals surface area contributed by atoms with E-state index in [-0.39, 0.29) is 6.04 Å². The van der Waals surface area contributed by atoms with Crippen molar-refractivity contribution in [2.24, 2.45) is 0 Å². The van der Waals surface area contributed by atoms with Crippen molar-refractivity contribution in [1.82, 2.24) is 5.32 Å². The van der Waals surface area contributed by atoms with Crippen molar-refractivity contribution in [1.29, 1.82) is 0 Å². The van der Waals surface area contributed by atoms with Crippen LogP contribution in [0.5, 0.6) is 0 Å². The van der Waals surface area contributed by atoms with Gasteiger partial charge in [-0.2, -0.15) is 0 Å². The van der Waals surface area contributed by atoms with E-state index in [0.717, 1.165) is 10.5 Å². The second kappa shape index (κ2) is 6.82. The lowest BCUT2D eigenvalue weighted by Gasteiger charge is -2.19. The van der Waals surface area contributed by atoms with Gasteiger partial charge in [0.25, 0.3) is 0 Å². The van der Waals surface area contributed by atoms with E-state index in [1.54, 1.807) is 0 Å². The maximum absolute atomic E-state index is 12.6. The summed E-state index contributed by atoms with van der Waals surface area (Å²) in [5, 5.41) is 3.29. The summed E-state index contributed by atoms with van der Waals surface area (Å²) in [5.41, 5.74) is 3.54. The summed E-state index contributed by atoms with van der Waals surface area (Å²) in [6, 6.07) is 16.3. The number of aryl methyl sites for hydroxylation is 2. The van der Waals surface area contributed by atoms with E-state index < -0.39 is 10.8 Å². The second-order valence-electron chi connectivity index (χ2n) is 4.98. The molecule has 2 rings (SSSR count). The van der Waals surface area contributed by atoms with E-state index in [0.29, 0.717) is 5.75 Å². The molecule has 0 aliphatic heterocycles. The largest absolute Gasteiger partial charge is 0.312 e. The van der Waals surface area contributed by atoms with Crippen LogP contribution in [0.2, 0.25) is 0 Å². The monoisotopic (exact) mass is 287 g/mol. The first-order valence-electron chi connectivity index (χ1n) is 6.80. The quantitative estimate of drug-likeness (QED) is 0.913. The molecule has 0 aliphatic carbocycles. The molecule has 0 amide bonds. The van der Waals surface area contributed by atoms with Gasteiger partial charge in [0.2, 0.25) is 0 Å². The Kier molecular flexibility index (Phi) is 5.10. The van der Waals surface area contributed by atoms with Gasteiger partial charge in [0.1, 0.15) is 0 Å². The first kappa shape index (κ1) is 14.9. The van der Waals surface area contributed by atoms with Crippen molar-refractivity contribution < 1.29 is 4.21 Å². The minimum Gasteiger partial charge on any atom is -0.312 e. The van der Waals surface area contributed by atoms with Gasteiger partial charge in [-0.15, -0.1) is 0 Å². The SMILES string of the molecule is CNC(CS(=O)c1ccccc1C)c1ccccc1C. The van der Waals surface area contributed by atoms with Crippen molar-refractivity contribution in [3.05, 3.63) is 65.2 Å². The fourth-order valence-corrected chi connectivity index (χ4v) is 3.85. The Morgan fingerprint density at radius 2 is 1.60 bits per heavy atom. The zero-order valence-corrected chi connectivity index (χ0v) is 13.0. The Morgan fingerprint density at radius 3 is 2.20 bits per heavy atom. The standard InChI is InChI=1S/C17H21NOS/c1-13-8-4-6-10-15(13)16(18-3)12-20(19)17-11-7-5-9-14(17)2/h4-11,16,18H,12H2,1-3H3. The molecule has 20 heavy (non-hydrogen) atoms. The Bertz CT molecular complexity index is 609. The molecule has 0 radical (unpaired) electrons. The topological polar surface area (TPSA) is 29.1 Å². The van der Waals surface area contributed by atoms with Crippen LogP contribution in [0.15, 0.2) is 53.4 Å². The highest BCUT2D eigenvalue weighted by Gasteiger charge is 2.16. The van der Waals surface area contributed by atoms with E-state index in [1.165, 1.54) is 11.1 Å². The molecular formula is C17H21NOS. The average molecular weight is 287 g/mol. The highest BCUT2D eigenvalue weighted by atomic mass is 32.2. The van der Waals surface area contributed by atoms with Gasteiger partial charge in [-0.1, -0.05) is 42.5 Å². The van der Waals surface area contributed by atoms with Crippen molar-refractivity contribution in [2.75, 3.05) is 12.8 Å². The summed E-state index contributed by atoms with van der Waals surface area (Å²) in [6.07, 6.45) is 0. The van der Waals surface area contributed by atoms with E-state index in [2.05, 4.69) is 24.4 Å². The van der Waals surface area contributed by atoms with Crippen LogP contribution in [-0.4, -0.2) is 17.0 Å². The summed E-state index contributed by atoms with van der Waals surface area (Å²) in [4.78, 5) is 0.932. The van der Waals surface area contributed by atoms with Gasteiger partial charge in [0.15, 0.2) is 0 Å². The zero-order chi connectivity index (χ0) is 14.5. The minimum atomic E-state index is -0.996. The lowest BCUT2D eigenvalue weighted by atomic mass is 10.0. The highest BCUT2D eigenvalue weighted by Crippen LogP contribution is 2.21. The van der Waals surface area contributed by atoms with E-state index >= 15 is 0 Å². The predicted molar refractivity (Wildman–Crippen MR) is 85.4 cm³/mol. The molecule has 2 nitrogen and oxygen atoms in total. The Hall–Kier alpha value is -1.45. The molecule has 0 bridgehead atoms. The van der Waals surface area contributed by atoms with E-state index in [9.17, 15) is 4.21 Å². The highest BCUT2D eigenvalue weighted by molar-refractivity contribution is 7.85. The maximum Gasteiger partial charge on any atom is 0.0551 e. The molecule has 0 heterocycles. The Balaban J connectivity index is 2.21. The third kappa shape index (κ3) is 3.35. The fourth-order valence-electron chi connectivity index (χ4n) is 2.36. The molecule has 1 N–H and O–H groups in total. The molecule has 2 unspecified atom stereocenters. The van der Waals surface area contributed by atoms with Crippen LogP contribution >= 0.6 is 0 Å². The first-order valence-corrected chi connectivity index (χ1v) is 8.12. The number of rotatable bonds is 5. The zero-order valence-electron chi connectivity index (χ0n) is 12.2. The lowest BCUT2D eigenvalue weighted by molar-refractivity contribution is 0.633. The first-order chi connectivity index (χ1) is 9.63. The van der Waals surface area contributed by atoms with Crippen molar-refractivity contribution in [3.63, 3.8) is 0 Å². The van der Waals surface area contributed by atoms with Crippen LogP contribution in [0.3, 0.4) is 0 Å².